The van der Waals surface area contributed by atoms with Crippen LogP contribution >= 0.6 is 12.4 Å². The first-order valence-corrected chi connectivity index (χ1v) is 4.29. The van der Waals surface area contributed by atoms with E-state index in [9.17, 15) is 4.79 Å². The van der Waals surface area contributed by atoms with Crippen molar-refractivity contribution >= 4 is 18.4 Å². The number of benzene rings is 1. The van der Waals surface area contributed by atoms with E-state index in [-0.39, 0.29) is 12.4 Å². The summed E-state index contributed by atoms with van der Waals surface area (Å²) in [5.41, 5.74) is 2.89. The van der Waals surface area contributed by atoms with Crippen LogP contribution in [-0.4, -0.2) is 24.3 Å². The van der Waals surface area contributed by atoms with Crippen molar-refractivity contribution in [1.29, 1.82) is 0 Å². The summed E-state index contributed by atoms with van der Waals surface area (Å²) >= 11 is 0. The number of rotatable bonds is 4. The number of hydroxylamine groups is 1. The molecule has 1 aromatic carbocycles. The molecule has 0 aromatic heterocycles. The molecular weight excluding hydrogens is 218 g/mol. The highest BCUT2D eigenvalue weighted by Gasteiger charge is 2.17. The summed E-state index contributed by atoms with van der Waals surface area (Å²) in [5, 5.41) is 8.74. The molecule has 0 radical (unpaired) electrons. The van der Waals surface area contributed by atoms with Crippen LogP contribution in [0.2, 0.25) is 0 Å². The summed E-state index contributed by atoms with van der Waals surface area (Å²) in [5.74, 6) is -0.476. The number of nitrogens with one attached hydrogen (secondary N) is 1. The lowest BCUT2D eigenvalue weighted by Crippen LogP contribution is -2.37. The van der Waals surface area contributed by atoms with E-state index in [1.807, 2.05) is 35.8 Å². The van der Waals surface area contributed by atoms with Gasteiger partial charge in [0.2, 0.25) is 0 Å². The summed E-state index contributed by atoms with van der Waals surface area (Å²) in [7, 11) is 1.29. The van der Waals surface area contributed by atoms with Gasteiger partial charge in [-0.3, -0.25) is 4.79 Å². The van der Waals surface area contributed by atoms with Crippen LogP contribution in [0.1, 0.15) is 5.56 Å². The van der Waals surface area contributed by atoms with E-state index in [1.54, 1.807) is 0 Å². The number of methoxy groups -OCH3 is 1. The van der Waals surface area contributed by atoms with E-state index in [1.165, 1.54) is 7.11 Å². The van der Waals surface area contributed by atoms with Crippen LogP contribution in [0.15, 0.2) is 30.3 Å². The molecule has 5 heteroatoms. The maximum absolute atomic E-state index is 11.1. The Kier molecular flexibility index (Phi) is 6.70. The Morgan fingerprint density at radius 3 is 2.53 bits per heavy atom. The van der Waals surface area contributed by atoms with Crippen molar-refractivity contribution < 1.29 is 14.7 Å². The van der Waals surface area contributed by atoms with Gasteiger partial charge >= 0.3 is 5.97 Å². The van der Waals surface area contributed by atoms with Crippen LogP contribution in [0, 0.1) is 0 Å². The van der Waals surface area contributed by atoms with Crippen molar-refractivity contribution in [3.05, 3.63) is 35.9 Å². The maximum Gasteiger partial charge on any atom is 0.325 e. The van der Waals surface area contributed by atoms with Crippen LogP contribution in [0.5, 0.6) is 0 Å². The third kappa shape index (κ3) is 4.29. The van der Waals surface area contributed by atoms with Crippen LogP contribution in [-0.2, 0) is 16.0 Å². The van der Waals surface area contributed by atoms with Gasteiger partial charge < -0.3 is 9.94 Å². The predicted molar refractivity (Wildman–Crippen MR) is 58.1 cm³/mol. The smallest absolute Gasteiger partial charge is 0.325 e. The molecule has 0 saturated carbocycles. The van der Waals surface area contributed by atoms with Crippen LogP contribution < -0.4 is 5.48 Å². The maximum atomic E-state index is 11.1. The number of hydrogen-bond acceptors (Lipinski definition) is 4. The SMILES string of the molecule is COC(=O)C(Cc1ccccc1)NO.Cl. The number of hydrogen-bond donors (Lipinski definition) is 2. The highest BCUT2D eigenvalue weighted by Crippen LogP contribution is 2.03. The van der Waals surface area contributed by atoms with Crippen molar-refractivity contribution in [2.24, 2.45) is 0 Å². The van der Waals surface area contributed by atoms with Crippen molar-refractivity contribution in [3.8, 4) is 0 Å². The van der Waals surface area contributed by atoms with Gasteiger partial charge in [0.05, 0.1) is 7.11 Å². The largest absolute Gasteiger partial charge is 0.468 e. The van der Waals surface area contributed by atoms with Gasteiger partial charge in [0.15, 0.2) is 0 Å². The number of ether oxygens (including phenoxy) is 1. The first-order chi connectivity index (χ1) is 6.77. The van der Waals surface area contributed by atoms with E-state index >= 15 is 0 Å². The lowest BCUT2D eigenvalue weighted by atomic mass is 10.1. The fourth-order valence-electron chi connectivity index (χ4n) is 1.17. The van der Waals surface area contributed by atoms with Gasteiger partial charge in [-0.05, 0) is 5.56 Å². The second-order valence-electron chi connectivity index (χ2n) is 2.89. The molecule has 0 amide bonds. The number of halogens is 1. The first-order valence-electron chi connectivity index (χ1n) is 4.29. The molecule has 4 nitrogen and oxygen atoms in total. The Hall–Kier alpha value is -1.10. The molecule has 0 bridgehead atoms. The molecule has 84 valence electrons. The van der Waals surface area contributed by atoms with Gasteiger partial charge in [0.1, 0.15) is 6.04 Å². The van der Waals surface area contributed by atoms with Gasteiger partial charge in [-0.1, -0.05) is 30.3 Å². The number of carbonyl (C=O) groups excluding carboxylic acids is 1. The standard InChI is InChI=1S/C10H13NO3.ClH/c1-14-10(12)9(11-13)7-8-5-3-2-4-6-8;/h2-6,9,11,13H,7H2,1H3;1H. The Morgan fingerprint density at radius 1 is 1.47 bits per heavy atom. The van der Waals surface area contributed by atoms with Crippen molar-refractivity contribution in [2.45, 2.75) is 12.5 Å². The lowest BCUT2D eigenvalue weighted by molar-refractivity contribution is -0.145. The van der Waals surface area contributed by atoms with Crippen LogP contribution in [0.25, 0.3) is 0 Å². The molecule has 0 aliphatic rings. The second-order valence-corrected chi connectivity index (χ2v) is 2.89. The molecule has 0 saturated heterocycles. The van der Waals surface area contributed by atoms with E-state index in [2.05, 4.69) is 4.74 Å². The average molecular weight is 232 g/mol. The normalized spacial score (nSPS) is 11.3. The monoisotopic (exact) mass is 231 g/mol. The van der Waals surface area contributed by atoms with E-state index < -0.39 is 12.0 Å². The average Bonchev–Trinajstić information content (AvgIpc) is 2.26. The fourth-order valence-corrected chi connectivity index (χ4v) is 1.17. The Balaban J connectivity index is 0.00000196. The molecule has 1 rings (SSSR count). The number of esters is 1. The predicted octanol–water partition coefficient (Wildman–Crippen LogP) is 1.17. The van der Waals surface area contributed by atoms with Crippen molar-refractivity contribution in [2.75, 3.05) is 7.11 Å². The van der Waals surface area contributed by atoms with Crippen LogP contribution in [0.3, 0.4) is 0 Å². The van der Waals surface area contributed by atoms with Crippen molar-refractivity contribution in [3.63, 3.8) is 0 Å². The zero-order chi connectivity index (χ0) is 10.4. The minimum absolute atomic E-state index is 0. The van der Waals surface area contributed by atoms with Crippen molar-refractivity contribution in [1.82, 2.24) is 5.48 Å². The topological polar surface area (TPSA) is 58.6 Å². The molecule has 15 heavy (non-hydrogen) atoms. The zero-order valence-electron chi connectivity index (χ0n) is 8.34. The van der Waals surface area contributed by atoms with E-state index in [4.69, 9.17) is 5.21 Å². The molecule has 1 unspecified atom stereocenters. The molecule has 1 aromatic rings. The molecule has 0 spiro atoms. The zero-order valence-corrected chi connectivity index (χ0v) is 9.16. The minimum atomic E-state index is -0.706. The molecule has 0 aliphatic heterocycles. The van der Waals surface area contributed by atoms with Gasteiger partial charge in [0.25, 0.3) is 0 Å². The Bertz CT molecular complexity index is 292. The third-order valence-corrected chi connectivity index (χ3v) is 1.92. The minimum Gasteiger partial charge on any atom is -0.468 e. The summed E-state index contributed by atoms with van der Waals surface area (Å²) in [6.45, 7) is 0. The van der Waals surface area contributed by atoms with Gasteiger partial charge in [-0.25, -0.2) is 0 Å². The Labute approximate surface area is 94.6 Å². The van der Waals surface area contributed by atoms with Gasteiger partial charge in [-0.15, -0.1) is 12.4 Å². The molecule has 1 atom stereocenters. The Morgan fingerprint density at radius 2 is 2.07 bits per heavy atom. The number of carbonyl (C=O) groups is 1. The first kappa shape index (κ1) is 13.9. The van der Waals surface area contributed by atoms with Gasteiger partial charge in [-0.2, -0.15) is 5.48 Å². The highest BCUT2D eigenvalue weighted by molar-refractivity contribution is 5.85. The third-order valence-electron chi connectivity index (χ3n) is 1.92. The summed E-state index contributed by atoms with van der Waals surface area (Å²) in [6, 6.07) is 8.70. The molecular formula is C10H14ClNO3. The fraction of sp³-hybridized carbons (Fsp3) is 0.300. The van der Waals surface area contributed by atoms with E-state index in [0.717, 1.165) is 5.56 Å². The molecule has 2 N–H and O–H groups in total. The second kappa shape index (κ2) is 7.23. The lowest BCUT2D eigenvalue weighted by Gasteiger charge is -2.11. The highest BCUT2D eigenvalue weighted by atomic mass is 35.5. The summed E-state index contributed by atoms with van der Waals surface area (Å²) in [6.07, 6.45) is 0.407. The summed E-state index contributed by atoms with van der Waals surface area (Å²) in [4.78, 5) is 11.1. The summed E-state index contributed by atoms with van der Waals surface area (Å²) < 4.78 is 4.51. The molecule has 0 fully saturated rings. The quantitative estimate of drug-likeness (QED) is 0.603. The molecule has 0 aliphatic carbocycles. The van der Waals surface area contributed by atoms with Crippen LogP contribution in [0.4, 0.5) is 0 Å². The molecule has 0 heterocycles. The van der Waals surface area contributed by atoms with Gasteiger partial charge in [0, 0.05) is 6.42 Å². The van der Waals surface area contributed by atoms with E-state index in [0.29, 0.717) is 6.42 Å².